The molecule has 0 aromatic heterocycles. The topological polar surface area (TPSA) is 132 Å². The van der Waals surface area contributed by atoms with Crippen LogP contribution in [0.3, 0.4) is 0 Å². The summed E-state index contributed by atoms with van der Waals surface area (Å²) in [4.78, 5) is 23.7. The van der Waals surface area contributed by atoms with Gasteiger partial charge in [0.1, 0.15) is 24.9 Å². The van der Waals surface area contributed by atoms with Crippen LogP contribution >= 0.6 is 34.8 Å². The molecular weight excluding hydrogens is 419 g/mol. The first-order valence-electron chi connectivity index (χ1n) is 7.25. The Morgan fingerprint density at radius 2 is 1.73 bits per heavy atom. The van der Waals surface area contributed by atoms with Crippen LogP contribution in [0.1, 0.15) is 13.8 Å². The zero-order chi connectivity index (χ0) is 20.3. The second kappa shape index (κ2) is 8.92. The zero-order valence-electron chi connectivity index (χ0n) is 13.8. The molecule has 0 amide bonds. The van der Waals surface area contributed by atoms with Crippen molar-refractivity contribution < 1.29 is 43.9 Å². The van der Waals surface area contributed by atoms with Crippen molar-refractivity contribution in [3.63, 3.8) is 0 Å². The van der Waals surface area contributed by atoms with Gasteiger partial charge in [0.25, 0.3) is 0 Å². The summed E-state index contributed by atoms with van der Waals surface area (Å²) in [7, 11) is 0. The molecular formula is C14H19Cl3O9. The maximum absolute atomic E-state index is 11.9. The highest BCUT2D eigenvalue weighted by molar-refractivity contribution is 6.68. The van der Waals surface area contributed by atoms with Crippen molar-refractivity contribution in [3.8, 4) is 0 Å². The molecule has 1 saturated heterocycles. The lowest BCUT2D eigenvalue weighted by Crippen LogP contribution is -2.61. The second-order valence-electron chi connectivity index (χ2n) is 5.79. The Bertz CT molecular complexity index is 534. The van der Waals surface area contributed by atoms with E-state index in [1.54, 1.807) is 0 Å². The maximum Gasteiger partial charge on any atom is 0.511 e. The number of carbonyl (C=O) groups is 2. The molecule has 5 atom stereocenters. The Kier molecular flexibility index (Phi) is 7.97. The van der Waals surface area contributed by atoms with E-state index in [1.807, 2.05) is 0 Å². The lowest BCUT2D eigenvalue weighted by Gasteiger charge is -2.39. The van der Waals surface area contributed by atoms with Gasteiger partial charge in [0.2, 0.25) is 10.1 Å². The standard InChI is InChI=1S/C14H19Cl3O9/c1-4-5-23-10(21)9-7(19)6(18)8(20)11(24-9)25-12(22)26-13(2,3)14(15,16)17/h4,6-9,11,18-20H,1,5H2,2-3H3/t6-,7-,8+,9-,11-/m0/s1. The van der Waals surface area contributed by atoms with Crippen molar-refractivity contribution in [1.82, 2.24) is 0 Å². The van der Waals surface area contributed by atoms with Crippen LogP contribution < -0.4 is 0 Å². The van der Waals surface area contributed by atoms with Crippen LogP contribution in [0, 0.1) is 0 Å². The molecule has 150 valence electrons. The molecule has 9 nitrogen and oxygen atoms in total. The fraction of sp³-hybridized carbons (Fsp3) is 0.714. The number of carbonyl (C=O) groups excluding carboxylic acids is 2. The molecule has 1 aliphatic rings. The van der Waals surface area contributed by atoms with Gasteiger partial charge in [-0.1, -0.05) is 47.5 Å². The van der Waals surface area contributed by atoms with E-state index in [2.05, 4.69) is 6.58 Å². The first-order chi connectivity index (χ1) is 11.8. The first-order valence-corrected chi connectivity index (χ1v) is 8.38. The molecule has 1 rings (SSSR count). The third kappa shape index (κ3) is 5.59. The van der Waals surface area contributed by atoms with Crippen LogP contribution in [0.4, 0.5) is 4.79 Å². The highest BCUT2D eigenvalue weighted by Crippen LogP contribution is 2.40. The SMILES string of the molecule is C=CCOC(=O)[C@H]1O[C@@H](OC(=O)OC(C)(C)C(Cl)(Cl)Cl)[C@H](O)[C@@H](O)[C@@H]1O. The van der Waals surface area contributed by atoms with Crippen LogP contribution in [0.2, 0.25) is 0 Å². The van der Waals surface area contributed by atoms with E-state index in [-0.39, 0.29) is 6.61 Å². The van der Waals surface area contributed by atoms with Gasteiger partial charge >= 0.3 is 12.1 Å². The Balaban J connectivity index is 2.82. The van der Waals surface area contributed by atoms with E-state index >= 15 is 0 Å². The van der Waals surface area contributed by atoms with Gasteiger partial charge in [-0.05, 0) is 13.8 Å². The largest absolute Gasteiger partial charge is 0.511 e. The number of hydrogen-bond acceptors (Lipinski definition) is 9. The lowest BCUT2D eigenvalue weighted by molar-refractivity contribution is -0.284. The Labute approximate surface area is 164 Å². The van der Waals surface area contributed by atoms with Gasteiger partial charge in [0.05, 0.1) is 0 Å². The molecule has 1 aliphatic heterocycles. The molecule has 0 aliphatic carbocycles. The summed E-state index contributed by atoms with van der Waals surface area (Å²) in [5.74, 6) is -1.06. The maximum atomic E-state index is 11.9. The van der Waals surface area contributed by atoms with Crippen LogP contribution in [0.5, 0.6) is 0 Å². The molecule has 0 aromatic rings. The van der Waals surface area contributed by atoms with Crippen LogP contribution in [-0.2, 0) is 23.7 Å². The number of ether oxygens (including phenoxy) is 4. The molecule has 1 heterocycles. The molecule has 0 spiro atoms. The van der Waals surface area contributed by atoms with Crippen LogP contribution in [0.15, 0.2) is 12.7 Å². The quantitative estimate of drug-likeness (QED) is 0.325. The minimum atomic E-state index is -2.00. The normalized spacial score (nSPS) is 29.6. The molecule has 26 heavy (non-hydrogen) atoms. The number of hydrogen-bond donors (Lipinski definition) is 3. The van der Waals surface area contributed by atoms with Gasteiger partial charge in [-0.25, -0.2) is 9.59 Å². The zero-order valence-corrected chi connectivity index (χ0v) is 16.1. The summed E-state index contributed by atoms with van der Waals surface area (Å²) in [6.07, 6.45) is -9.30. The summed E-state index contributed by atoms with van der Waals surface area (Å²) in [5.41, 5.74) is -1.62. The number of alkyl halides is 3. The molecule has 0 unspecified atom stereocenters. The van der Waals surface area contributed by atoms with E-state index in [1.165, 1.54) is 19.9 Å². The van der Waals surface area contributed by atoms with Crippen molar-refractivity contribution in [2.45, 2.75) is 53.9 Å². The fourth-order valence-corrected chi connectivity index (χ4v) is 1.86. The van der Waals surface area contributed by atoms with Crippen LogP contribution in [0.25, 0.3) is 0 Å². The van der Waals surface area contributed by atoms with Gasteiger partial charge in [0, 0.05) is 0 Å². The Morgan fingerprint density at radius 1 is 1.15 bits per heavy atom. The number of aliphatic hydroxyl groups excluding tert-OH is 3. The monoisotopic (exact) mass is 436 g/mol. The smallest absolute Gasteiger partial charge is 0.459 e. The van der Waals surface area contributed by atoms with Crippen molar-refractivity contribution >= 4 is 46.9 Å². The van der Waals surface area contributed by atoms with Crippen molar-refractivity contribution in [1.29, 1.82) is 0 Å². The van der Waals surface area contributed by atoms with E-state index in [4.69, 9.17) is 53.8 Å². The number of aliphatic hydroxyl groups is 3. The summed E-state index contributed by atoms with van der Waals surface area (Å²) in [5, 5.41) is 29.5. The summed E-state index contributed by atoms with van der Waals surface area (Å²) in [6, 6.07) is 0. The van der Waals surface area contributed by atoms with Crippen molar-refractivity contribution in [2.24, 2.45) is 0 Å². The molecule has 3 N–H and O–H groups in total. The van der Waals surface area contributed by atoms with Gasteiger partial charge in [-0.15, -0.1) is 0 Å². The molecule has 1 fully saturated rings. The van der Waals surface area contributed by atoms with Crippen LogP contribution in [-0.4, -0.2) is 74.2 Å². The lowest BCUT2D eigenvalue weighted by atomic mass is 9.99. The highest BCUT2D eigenvalue weighted by Gasteiger charge is 2.50. The molecule has 12 heteroatoms. The number of esters is 1. The Morgan fingerprint density at radius 3 is 2.23 bits per heavy atom. The van der Waals surface area contributed by atoms with E-state index in [0.29, 0.717) is 0 Å². The van der Waals surface area contributed by atoms with Gasteiger partial charge in [-0.2, -0.15) is 0 Å². The van der Waals surface area contributed by atoms with Gasteiger partial charge in [0.15, 0.2) is 11.7 Å². The third-order valence-corrected chi connectivity index (χ3v) is 4.74. The average molecular weight is 438 g/mol. The number of rotatable bonds is 5. The Hall–Kier alpha value is -0.810. The average Bonchev–Trinajstić information content (AvgIpc) is 2.51. The fourth-order valence-electron chi connectivity index (χ4n) is 1.75. The molecule has 0 radical (unpaired) electrons. The highest BCUT2D eigenvalue weighted by atomic mass is 35.6. The predicted octanol–water partition coefficient (Wildman–Crippen LogP) is 0.825. The minimum Gasteiger partial charge on any atom is -0.459 e. The van der Waals surface area contributed by atoms with Crippen molar-refractivity contribution in [2.75, 3.05) is 6.61 Å². The summed E-state index contributed by atoms with van der Waals surface area (Å²) >= 11 is 17.0. The molecule has 0 bridgehead atoms. The summed E-state index contributed by atoms with van der Waals surface area (Å²) < 4.78 is 17.3. The van der Waals surface area contributed by atoms with Gasteiger partial charge in [-0.3, -0.25) is 0 Å². The first kappa shape index (κ1) is 23.2. The van der Waals surface area contributed by atoms with Gasteiger partial charge < -0.3 is 34.3 Å². The summed E-state index contributed by atoms with van der Waals surface area (Å²) in [6.45, 7) is 5.73. The second-order valence-corrected chi connectivity index (χ2v) is 8.07. The van der Waals surface area contributed by atoms with E-state index < -0.39 is 52.2 Å². The van der Waals surface area contributed by atoms with E-state index in [0.717, 1.165) is 0 Å². The number of halogens is 3. The third-order valence-electron chi connectivity index (χ3n) is 3.38. The predicted molar refractivity (Wildman–Crippen MR) is 89.8 cm³/mol. The minimum absolute atomic E-state index is 0.185. The molecule has 0 saturated carbocycles. The van der Waals surface area contributed by atoms with E-state index in [9.17, 15) is 24.9 Å². The molecule has 0 aromatic carbocycles. The van der Waals surface area contributed by atoms with Crippen molar-refractivity contribution in [3.05, 3.63) is 12.7 Å².